The van der Waals surface area contributed by atoms with Crippen LogP contribution in [0.2, 0.25) is 0 Å². The van der Waals surface area contributed by atoms with E-state index < -0.39 is 0 Å². The summed E-state index contributed by atoms with van der Waals surface area (Å²) in [5, 5.41) is 6.82. The number of anilines is 1. The Hall–Kier alpha value is -1.22. The molecule has 1 aromatic rings. The maximum atomic E-state index is 12.5. The maximum absolute atomic E-state index is 12.5. The zero-order valence-corrected chi connectivity index (χ0v) is 16.8. The number of urea groups is 1. The summed E-state index contributed by atoms with van der Waals surface area (Å²) in [7, 11) is 1.79. The van der Waals surface area contributed by atoms with Crippen LogP contribution in [0.15, 0.2) is 6.20 Å². The van der Waals surface area contributed by atoms with E-state index in [1.54, 1.807) is 18.4 Å². The van der Waals surface area contributed by atoms with Crippen LogP contribution in [-0.2, 0) is 9.47 Å². The van der Waals surface area contributed by atoms with Crippen molar-refractivity contribution < 1.29 is 14.3 Å². The minimum atomic E-state index is -0.137. The number of nitrogens with zero attached hydrogens (tertiary/aromatic N) is 2. The maximum Gasteiger partial charge on any atom is 0.321 e. The number of nitrogens with one attached hydrogen (secondary N) is 2. The van der Waals surface area contributed by atoms with E-state index in [0.29, 0.717) is 23.2 Å². The van der Waals surface area contributed by atoms with Gasteiger partial charge in [-0.3, -0.25) is 10.2 Å². The Bertz CT molecular complexity index is 634. The molecule has 27 heavy (non-hydrogen) atoms. The average molecular weight is 395 g/mol. The normalized spacial score (nSPS) is 29.9. The molecule has 1 aromatic heterocycles. The van der Waals surface area contributed by atoms with Crippen molar-refractivity contribution in [3.05, 3.63) is 11.1 Å². The first kappa shape index (κ1) is 19.1. The molecule has 4 rings (SSSR count). The van der Waals surface area contributed by atoms with Crippen LogP contribution in [0, 0.1) is 0 Å². The molecule has 2 aliphatic heterocycles. The van der Waals surface area contributed by atoms with Gasteiger partial charge in [-0.25, -0.2) is 9.78 Å². The van der Waals surface area contributed by atoms with E-state index in [9.17, 15) is 4.79 Å². The molecule has 1 aliphatic carbocycles. The minimum absolute atomic E-state index is 0.137. The fourth-order valence-corrected chi connectivity index (χ4v) is 5.59. The summed E-state index contributed by atoms with van der Waals surface area (Å²) < 4.78 is 10.9. The van der Waals surface area contributed by atoms with Gasteiger partial charge in [0, 0.05) is 56.6 Å². The smallest absolute Gasteiger partial charge is 0.321 e. The number of carbonyl (C=O) groups excluding carboxylic acids is 1. The molecule has 1 saturated carbocycles. The highest BCUT2D eigenvalue weighted by molar-refractivity contribution is 7.15. The van der Waals surface area contributed by atoms with E-state index >= 15 is 0 Å². The second kappa shape index (κ2) is 8.86. The number of ether oxygens (including phenoxy) is 2. The predicted octanol–water partition coefficient (Wildman–Crippen LogP) is 2.80. The Morgan fingerprint density at radius 2 is 2.15 bits per heavy atom. The lowest BCUT2D eigenvalue weighted by Gasteiger charge is -2.29. The lowest BCUT2D eigenvalue weighted by atomic mass is 9.99. The molecule has 3 atom stereocenters. The highest BCUT2D eigenvalue weighted by Crippen LogP contribution is 2.33. The number of likely N-dealkylation sites (tertiary alicyclic amines) is 1. The summed E-state index contributed by atoms with van der Waals surface area (Å²) in [6.07, 6.45) is 8.74. The molecule has 150 valence electrons. The van der Waals surface area contributed by atoms with Gasteiger partial charge in [0.15, 0.2) is 5.13 Å². The Morgan fingerprint density at radius 1 is 1.30 bits per heavy atom. The number of amides is 2. The minimum Gasteiger partial charge on any atom is -0.381 e. The van der Waals surface area contributed by atoms with E-state index in [1.165, 1.54) is 4.88 Å². The standard InChI is InChI=1S/C19H30N4O3S/c1-25-14-5-8-23(12-14)16-4-2-3-15(16)21-18(24)22-19-20-11-17(27-19)13-6-9-26-10-7-13/h11,13-16H,2-10,12H2,1H3,(H2,20,21,22,24)/t14?,15-,16+/m0/s1. The van der Waals surface area contributed by atoms with Crippen LogP contribution in [0.25, 0.3) is 0 Å². The lowest BCUT2D eigenvalue weighted by Crippen LogP contribution is -2.49. The molecular weight excluding hydrogens is 364 g/mol. The first-order valence-corrected chi connectivity index (χ1v) is 10.9. The van der Waals surface area contributed by atoms with Gasteiger partial charge in [-0.05, 0) is 44.4 Å². The van der Waals surface area contributed by atoms with Gasteiger partial charge < -0.3 is 14.8 Å². The van der Waals surface area contributed by atoms with Crippen LogP contribution in [0.3, 0.4) is 0 Å². The summed E-state index contributed by atoms with van der Waals surface area (Å²) in [6, 6.07) is 0.489. The van der Waals surface area contributed by atoms with E-state index in [-0.39, 0.29) is 12.1 Å². The number of carbonyl (C=O) groups is 1. The van der Waals surface area contributed by atoms with Gasteiger partial charge in [-0.2, -0.15) is 0 Å². The summed E-state index contributed by atoms with van der Waals surface area (Å²) in [5.74, 6) is 0.512. The van der Waals surface area contributed by atoms with Crippen LogP contribution in [-0.4, -0.2) is 67.5 Å². The first-order chi connectivity index (χ1) is 13.2. The molecule has 7 nitrogen and oxygen atoms in total. The quantitative estimate of drug-likeness (QED) is 0.803. The van der Waals surface area contributed by atoms with Gasteiger partial charge in [0.05, 0.1) is 6.10 Å². The van der Waals surface area contributed by atoms with Gasteiger partial charge in [0.2, 0.25) is 0 Å². The van der Waals surface area contributed by atoms with Crippen molar-refractivity contribution in [2.45, 2.75) is 62.6 Å². The number of hydrogen-bond acceptors (Lipinski definition) is 6. The topological polar surface area (TPSA) is 75.7 Å². The fraction of sp³-hybridized carbons (Fsp3) is 0.789. The van der Waals surface area contributed by atoms with Crippen molar-refractivity contribution in [3.63, 3.8) is 0 Å². The van der Waals surface area contributed by atoms with Crippen molar-refractivity contribution in [1.29, 1.82) is 0 Å². The highest BCUT2D eigenvalue weighted by atomic mass is 32.1. The summed E-state index contributed by atoms with van der Waals surface area (Å²) >= 11 is 1.59. The van der Waals surface area contributed by atoms with Gasteiger partial charge >= 0.3 is 6.03 Å². The van der Waals surface area contributed by atoms with E-state index in [4.69, 9.17) is 9.47 Å². The van der Waals surface area contributed by atoms with E-state index in [0.717, 1.165) is 64.8 Å². The molecule has 0 radical (unpaired) electrons. The predicted molar refractivity (Wildman–Crippen MR) is 105 cm³/mol. The second-order valence-electron chi connectivity index (χ2n) is 7.80. The van der Waals surface area contributed by atoms with Crippen LogP contribution < -0.4 is 10.6 Å². The van der Waals surface area contributed by atoms with Crippen molar-refractivity contribution >= 4 is 22.5 Å². The Balaban J connectivity index is 1.29. The SMILES string of the molecule is COC1CCN([C@@H]2CCC[C@@H]2NC(=O)Nc2ncc(C3CCOCC3)s2)C1. The fourth-order valence-electron chi connectivity index (χ4n) is 4.61. The van der Waals surface area contributed by atoms with Gasteiger partial charge in [-0.15, -0.1) is 11.3 Å². The third-order valence-electron chi connectivity index (χ3n) is 6.14. The lowest BCUT2D eigenvalue weighted by molar-refractivity contribution is 0.0860. The third kappa shape index (κ3) is 4.62. The largest absolute Gasteiger partial charge is 0.381 e. The highest BCUT2D eigenvalue weighted by Gasteiger charge is 2.36. The zero-order chi connectivity index (χ0) is 18.6. The molecule has 8 heteroatoms. The van der Waals surface area contributed by atoms with E-state index in [2.05, 4.69) is 20.5 Å². The van der Waals surface area contributed by atoms with Gasteiger partial charge in [-0.1, -0.05) is 0 Å². The van der Waals surface area contributed by atoms with E-state index in [1.807, 2.05) is 6.20 Å². The molecular formula is C19H30N4O3S. The molecule has 0 aromatic carbocycles. The average Bonchev–Trinajstić information content (AvgIpc) is 3.42. The number of aromatic nitrogens is 1. The van der Waals surface area contributed by atoms with Crippen molar-refractivity contribution in [2.75, 3.05) is 38.7 Å². The second-order valence-corrected chi connectivity index (χ2v) is 8.86. The number of hydrogen-bond donors (Lipinski definition) is 2. The number of thiazole rings is 1. The van der Waals surface area contributed by atoms with Crippen molar-refractivity contribution in [2.24, 2.45) is 0 Å². The molecule has 0 spiro atoms. The van der Waals surface area contributed by atoms with Crippen LogP contribution in [0.5, 0.6) is 0 Å². The molecule has 0 bridgehead atoms. The molecule has 2 amide bonds. The Kier molecular flexibility index (Phi) is 6.27. The first-order valence-electron chi connectivity index (χ1n) is 10.1. The summed E-state index contributed by atoms with van der Waals surface area (Å²) in [5.41, 5.74) is 0. The summed E-state index contributed by atoms with van der Waals surface area (Å²) in [4.78, 5) is 20.6. The molecule has 3 heterocycles. The molecule has 1 unspecified atom stereocenters. The third-order valence-corrected chi connectivity index (χ3v) is 7.22. The number of methoxy groups -OCH3 is 1. The Morgan fingerprint density at radius 3 is 2.93 bits per heavy atom. The van der Waals surface area contributed by atoms with Gasteiger partial charge in [0.25, 0.3) is 0 Å². The molecule has 3 aliphatic rings. The monoisotopic (exact) mass is 394 g/mol. The van der Waals surface area contributed by atoms with Crippen LogP contribution >= 0.6 is 11.3 Å². The van der Waals surface area contributed by atoms with Gasteiger partial charge in [0.1, 0.15) is 0 Å². The zero-order valence-electron chi connectivity index (χ0n) is 16.0. The van der Waals surface area contributed by atoms with Crippen molar-refractivity contribution in [1.82, 2.24) is 15.2 Å². The Labute approximate surface area is 164 Å². The molecule has 3 fully saturated rings. The molecule has 2 N–H and O–H groups in total. The summed E-state index contributed by atoms with van der Waals surface area (Å²) in [6.45, 7) is 3.66. The van der Waals surface area contributed by atoms with Crippen molar-refractivity contribution in [3.8, 4) is 0 Å². The van der Waals surface area contributed by atoms with Crippen LogP contribution in [0.4, 0.5) is 9.93 Å². The van der Waals surface area contributed by atoms with Crippen LogP contribution in [0.1, 0.15) is 49.3 Å². The molecule has 2 saturated heterocycles. The number of rotatable bonds is 5.